The number of benzene rings is 1. The molecule has 0 aliphatic carbocycles. The fourth-order valence-electron chi connectivity index (χ4n) is 1.29. The number of carbonyl (C=O) groups is 2. The van der Waals surface area contributed by atoms with Gasteiger partial charge in [0.05, 0.1) is 18.0 Å². The van der Waals surface area contributed by atoms with Crippen LogP contribution in [0.2, 0.25) is 0 Å². The van der Waals surface area contributed by atoms with Gasteiger partial charge in [-0.15, -0.1) is 0 Å². The molecular weight excluding hydrogens is 288 g/mol. The van der Waals surface area contributed by atoms with Crippen molar-refractivity contribution in [2.75, 3.05) is 7.11 Å². The van der Waals surface area contributed by atoms with Gasteiger partial charge in [0, 0.05) is 5.56 Å². The van der Waals surface area contributed by atoms with Crippen molar-refractivity contribution >= 4 is 28.2 Å². The Labute approximate surface area is 108 Å². The minimum absolute atomic E-state index is 0.161. The molecule has 0 fully saturated rings. The summed E-state index contributed by atoms with van der Waals surface area (Å²) in [5.74, 6) is 0.200. The van der Waals surface area contributed by atoms with E-state index in [4.69, 9.17) is 4.74 Å². The van der Waals surface area contributed by atoms with Crippen molar-refractivity contribution < 1.29 is 19.1 Å². The van der Waals surface area contributed by atoms with Crippen LogP contribution in [0.25, 0.3) is 0 Å². The van der Waals surface area contributed by atoms with Crippen LogP contribution >= 0.6 is 15.9 Å². The van der Waals surface area contributed by atoms with Crippen molar-refractivity contribution in [3.8, 4) is 5.75 Å². The summed E-state index contributed by atoms with van der Waals surface area (Å²) in [6, 6.07) is 5.12. The maximum Gasteiger partial charge on any atom is 0.309 e. The molecule has 0 aromatic heterocycles. The Morgan fingerprint density at radius 2 is 2.24 bits per heavy atom. The third-order valence-corrected chi connectivity index (χ3v) is 2.98. The largest absolute Gasteiger partial charge is 0.489 e. The van der Waals surface area contributed by atoms with Crippen molar-refractivity contribution in [2.45, 2.75) is 19.4 Å². The average molecular weight is 301 g/mol. The number of hydrogen-bond donors (Lipinski definition) is 0. The van der Waals surface area contributed by atoms with Crippen LogP contribution in [0, 0.1) is 0 Å². The predicted octanol–water partition coefficient (Wildman–Crippen LogP) is 2.59. The van der Waals surface area contributed by atoms with Crippen LogP contribution in [0.3, 0.4) is 0 Å². The molecular formula is C12H13BrO4. The number of esters is 1. The van der Waals surface area contributed by atoms with E-state index >= 15 is 0 Å². The number of halogens is 1. The minimum atomic E-state index is -0.333. The van der Waals surface area contributed by atoms with E-state index in [1.54, 1.807) is 25.1 Å². The van der Waals surface area contributed by atoms with E-state index in [9.17, 15) is 9.59 Å². The van der Waals surface area contributed by atoms with Gasteiger partial charge in [0.25, 0.3) is 0 Å². The Morgan fingerprint density at radius 1 is 1.53 bits per heavy atom. The lowest BCUT2D eigenvalue weighted by molar-refractivity contribution is -0.142. The first-order valence-corrected chi connectivity index (χ1v) is 5.85. The molecule has 0 aliphatic rings. The van der Waals surface area contributed by atoms with E-state index in [1.165, 1.54) is 7.11 Å². The van der Waals surface area contributed by atoms with Crippen molar-refractivity contribution in [2.24, 2.45) is 0 Å². The van der Waals surface area contributed by atoms with E-state index in [-0.39, 0.29) is 18.5 Å². The Bertz CT molecular complexity index is 417. The smallest absolute Gasteiger partial charge is 0.309 e. The molecule has 0 N–H and O–H groups in total. The summed E-state index contributed by atoms with van der Waals surface area (Å²) in [7, 11) is 1.33. The van der Waals surface area contributed by atoms with Crippen molar-refractivity contribution in [1.82, 2.24) is 0 Å². The van der Waals surface area contributed by atoms with Crippen LogP contribution in [0.15, 0.2) is 22.7 Å². The fraction of sp³-hybridized carbons (Fsp3) is 0.333. The summed E-state index contributed by atoms with van der Waals surface area (Å²) in [6.45, 7) is 1.76. The topological polar surface area (TPSA) is 52.6 Å². The van der Waals surface area contributed by atoms with Crippen LogP contribution in [-0.4, -0.2) is 25.5 Å². The second kappa shape index (κ2) is 6.39. The Hall–Kier alpha value is -1.36. The summed E-state index contributed by atoms with van der Waals surface area (Å²) < 4.78 is 10.7. The summed E-state index contributed by atoms with van der Waals surface area (Å²) in [4.78, 5) is 21.8. The second-order valence-electron chi connectivity index (χ2n) is 3.49. The zero-order valence-electron chi connectivity index (χ0n) is 9.60. The molecule has 0 spiro atoms. The van der Waals surface area contributed by atoms with E-state index in [1.807, 2.05) is 0 Å². The fourth-order valence-corrected chi connectivity index (χ4v) is 1.74. The predicted molar refractivity (Wildman–Crippen MR) is 66.3 cm³/mol. The molecule has 17 heavy (non-hydrogen) atoms. The number of rotatable bonds is 5. The lowest BCUT2D eigenvalue weighted by Gasteiger charge is -2.15. The molecule has 4 nitrogen and oxygen atoms in total. The third-order valence-electron chi connectivity index (χ3n) is 2.13. The molecule has 1 rings (SSSR count). The van der Waals surface area contributed by atoms with Crippen LogP contribution < -0.4 is 4.74 Å². The standard InChI is InChI=1S/C12H13BrO4/c1-8(6-11(15)16-2)17-10-5-3-4-9(7-14)12(10)13/h3-5,7-8H,6H2,1-2H3. The van der Waals surface area contributed by atoms with E-state index < -0.39 is 0 Å². The summed E-state index contributed by atoms with van der Waals surface area (Å²) in [6.07, 6.45) is 0.580. The molecule has 1 aromatic rings. The van der Waals surface area contributed by atoms with Gasteiger partial charge in [0.15, 0.2) is 6.29 Å². The van der Waals surface area contributed by atoms with Gasteiger partial charge in [0.2, 0.25) is 0 Å². The molecule has 0 heterocycles. The lowest BCUT2D eigenvalue weighted by Crippen LogP contribution is -2.18. The van der Waals surface area contributed by atoms with Gasteiger partial charge in [-0.1, -0.05) is 12.1 Å². The van der Waals surface area contributed by atoms with Crippen molar-refractivity contribution in [1.29, 1.82) is 0 Å². The molecule has 0 aliphatic heterocycles. The number of hydrogen-bond acceptors (Lipinski definition) is 4. The quantitative estimate of drug-likeness (QED) is 0.619. The molecule has 5 heteroatoms. The number of carbonyl (C=O) groups excluding carboxylic acids is 2. The van der Waals surface area contributed by atoms with Crippen LogP contribution in [0.5, 0.6) is 5.75 Å². The first kappa shape index (κ1) is 13.7. The first-order valence-electron chi connectivity index (χ1n) is 5.05. The van der Waals surface area contributed by atoms with Crippen molar-refractivity contribution in [3.05, 3.63) is 28.2 Å². The average Bonchev–Trinajstić information content (AvgIpc) is 2.31. The van der Waals surface area contributed by atoms with Gasteiger partial charge < -0.3 is 9.47 Å². The molecule has 0 radical (unpaired) electrons. The van der Waals surface area contributed by atoms with Crippen LogP contribution in [-0.2, 0) is 9.53 Å². The Kier molecular flexibility index (Phi) is 5.15. The number of methoxy groups -OCH3 is 1. The highest BCUT2D eigenvalue weighted by Crippen LogP contribution is 2.28. The summed E-state index contributed by atoms with van der Waals surface area (Å²) in [5.41, 5.74) is 0.507. The van der Waals surface area contributed by atoms with Gasteiger partial charge >= 0.3 is 5.97 Å². The third kappa shape index (κ3) is 3.85. The summed E-state index contributed by atoms with van der Waals surface area (Å²) in [5, 5.41) is 0. The molecule has 0 bridgehead atoms. The zero-order valence-corrected chi connectivity index (χ0v) is 11.2. The van der Waals surface area contributed by atoms with Crippen LogP contribution in [0.4, 0.5) is 0 Å². The van der Waals surface area contributed by atoms with Gasteiger partial charge in [-0.2, -0.15) is 0 Å². The monoisotopic (exact) mass is 300 g/mol. The molecule has 0 amide bonds. The molecule has 1 unspecified atom stereocenters. The lowest BCUT2D eigenvalue weighted by atomic mass is 10.2. The van der Waals surface area contributed by atoms with E-state index in [0.717, 1.165) is 6.29 Å². The zero-order chi connectivity index (χ0) is 12.8. The second-order valence-corrected chi connectivity index (χ2v) is 4.28. The molecule has 1 aromatic carbocycles. The maximum atomic E-state index is 11.1. The highest BCUT2D eigenvalue weighted by Gasteiger charge is 2.13. The Balaban J connectivity index is 2.74. The van der Waals surface area contributed by atoms with Gasteiger partial charge in [-0.3, -0.25) is 9.59 Å². The normalized spacial score (nSPS) is 11.7. The first-order chi connectivity index (χ1) is 8.08. The SMILES string of the molecule is COC(=O)CC(C)Oc1cccc(C=O)c1Br. The molecule has 92 valence electrons. The van der Waals surface area contributed by atoms with Crippen molar-refractivity contribution in [3.63, 3.8) is 0 Å². The van der Waals surface area contributed by atoms with Gasteiger partial charge in [-0.05, 0) is 28.9 Å². The maximum absolute atomic E-state index is 11.1. The minimum Gasteiger partial charge on any atom is -0.489 e. The van der Waals surface area contributed by atoms with E-state index in [0.29, 0.717) is 15.8 Å². The van der Waals surface area contributed by atoms with Crippen LogP contribution in [0.1, 0.15) is 23.7 Å². The Morgan fingerprint density at radius 3 is 2.82 bits per heavy atom. The number of aldehydes is 1. The van der Waals surface area contributed by atoms with E-state index in [2.05, 4.69) is 20.7 Å². The van der Waals surface area contributed by atoms with Gasteiger partial charge in [-0.25, -0.2) is 0 Å². The number of ether oxygens (including phenoxy) is 2. The van der Waals surface area contributed by atoms with Gasteiger partial charge in [0.1, 0.15) is 11.9 Å². The molecule has 0 saturated carbocycles. The molecule has 1 atom stereocenters. The molecule has 0 saturated heterocycles. The summed E-state index contributed by atoms with van der Waals surface area (Å²) >= 11 is 3.28. The highest BCUT2D eigenvalue weighted by molar-refractivity contribution is 9.10. The highest BCUT2D eigenvalue weighted by atomic mass is 79.9.